The summed E-state index contributed by atoms with van der Waals surface area (Å²) >= 11 is 3.42. The molecule has 21 heavy (non-hydrogen) atoms. The van der Waals surface area contributed by atoms with E-state index in [0.29, 0.717) is 5.92 Å². The molecular formula is C16H19BrN2O2. The van der Waals surface area contributed by atoms with Crippen LogP contribution in [-0.2, 0) is 9.59 Å². The van der Waals surface area contributed by atoms with Crippen molar-refractivity contribution < 1.29 is 9.59 Å². The first-order valence-corrected chi connectivity index (χ1v) is 8.16. The van der Waals surface area contributed by atoms with Crippen LogP contribution in [0.1, 0.15) is 38.3 Å². The highest BCUT2D eigenvalue weighted by atomic mass is 79.9. The van der Waals surface area contributed by atoms with Crippen LogP contribution in [0.3, 0.4) is 0 Å². The van der Waals surface area contributed by atoms with Crippen LogP contribution in [-0.4, -0.2) is 28.8 Å². The maximum absolute atomic E-state index is 12.7. The van der Waals surface area contributed by atoms with E-state index in [1.54, 1.807) is 11.8 Å². The molecule has 1 N–H and O–H groups in total. The lowest BCUT2D eigenvalue weighted by Gasteiger charge is -2.41. The number of amides is 2. The molecule has 3 unspecified atom stereocenters. The highest BCUT2D eigenvalue weighted by Crippen LogP contribution is 2.37. The van der Waals surface area contributed by atoms with E-state index < -0.39 is 6.04 Å². The Morgan fingerprint density at radius 2 is 1.86 bits per heavy atom. The standard InChI is InChI=1S/C16H19BrN2O2/c1-9(11-5-7-13(17)8-6-11)19-10(2)15(20)18-14(16(19)21)12-3-4-12/h5-10,12,14H,3-4H2,1-2H3,(H,18,20). The van der Waals surface area contributed by atoms with Gasteiger partial charge in [-0.2, -0.15) is 0 Å². The number of rotatable bonds is 3. The third kappa shape index (κ3) is 2.71. The lowest BCUT2D eigenvalue weighted by Crippen LogP contribution is -2.63. The van der Waals surface area contributed by atoms with Gasteiger partial charge in [-0.3, -0.25) is 9.59 Å². The molecule has 4 nitrogen and oxygen atoms in total. The van der Waals surface area contributed by atoms with Crippen LogP contribution in [0, 0.1) is 5.92 Å². The van der Waals surface area contributed by atoms with Crippen molar-refractivity contribution >= 4 is 27.7 Å². The van der Waals surface area contributed by atoms with Crippen LogP contribution >= 0.6 is 15.9 Å². The maximum Gasteiger partial charge on any atom is 0.246 e. The summed E-state index contributed by atoms with van der Waals surface area (Å²) in [5, 5.41) is 2.89. The number of hydrogen-bond donors (Lipinski definition) is 1. The summed E-state index contributed by atoms with van der Waals surface area (Å²) in [7, 11) is 0. The normalized spacial score (nSPS) is 27.5. The first kappa shape index (κ1) is 14.6. The first-order valence-electron chi connectivity index (χ1n) is 7.37. The minimum Gasteiger partial charge on any atom is -0.342 e. The largest absolute Gasteiger partial charge is 0.342 e. The van der Waals surface area contributed by atoms with Crippen molar-refractivity contribution in [2.45, 2.75) is 44.8 Å². The average Bonchev–Trinajstić information content (AvgIpc) is 3.28. The van der Waals surface area contributed by atoms with Crippen molar-refractivity contribution in [1.82, 2.24) is 10.2 Å². The van der Waals surface area contributed by atoms with E-state index in [2.05, 4.69) is 21.2 Å². The van der Waals surface area contributed by atoms with E-state index in [9.17, 15) is 9.59 Å². The number of carbonyl (C=O) groups excluding carboxylic acids is 2. The number of benzene rings is 1. The Bertz CT molecular complexity index is 568. The maximum atomic E-state index is 12.7. The quantitative estimate of drug-likeness (QED) is 0.910. The summed E-state index contributed by atoms with van der Waals surface area (Å²) in [6.07, 6.45) is 2.07. The second-order valence-corrected chi connectivity index (χ2v) is 6.89. The average molecular weight is 351 g/mol. The number of hydrogen-bond acceptors (Lipinski definition) is 2. The van der Waals surface area contributed by atoms with Crippen LogP contribution in [0.4, 0.5) is 0 Å². The monoisotopic (exact) mass is 350 g/mol. The fourth-order valence-corrected chi connectivity index (χ4v) is 3.25. The highest BCUT2D eigenvalue weighted by molar-refractivity contribution is 9.10. The molecule has 0 aromatic heterocycles. The topological polar surface area (TPSA) is 49.4 Å². The molecular weight excluding hydrogens is 332 g/mol. The second kappa shape index (κ2) is 5.44. The lowest BCUT2D eigenvalue weighted by molar-refractivity contribution is -0.151. The van der Waals surface area contributed by atoms with Crippen LogP contribution < -0.4 is 5.32 Å². The predicted octanol–water partition coefficient (Wildman–Crippen LogP) is 2.64. The van der Waals surface area contributed by atoms with E-state index >= 15 is 0 Å². The van der Waals surface area contributed by atoms with Crippen LogP contribution in [0.2, 0.25) is 0 Å². The van der Waals surface area contributed by atoms with Gasteiger partial charge in [-0.1, -0.05) is 28.1 Å². The minimum absolute atomic E-state index is 0.0459. The summed E-state index contributed by atoms with van der Waals surface area (Å²) in [4.78, 5) is 26.7. The second-order valence-electron chi connectivity index (χ2n) is 5.97. The zero-order chi connectivity index (χ0) is 15.1. The van der Waals surface area contributed by atoms with Gasteiger partial charge < -0.3 is 10.2 Å². The zero-order valence-corrected chi connectivity index (χ0v) is 13.8. The smallest absolute Gasteiger partial charge is 0.246 e. The van der Waals surface area contributed by atoms with Gasteiger partial charge in [0, 0.05) is 4.47 Å². The van der Waals surface area contributed by atoms with Gasteiger partial charge in [0.05, 0.1) is 6.04 Å². The summed E-state index contributed by atoms with van der Waals surface area (Å²) in [5.41, 5.74) is 1.04. The number of piperazine rings is 1. The van der Waals surface area contributed by atoms with Gasteiger partial charge >= 0.3 is 0 Å². The third-order valence-corrected chi connectivity index (χ3v) is 5.01. The Morgan fingerprint density at radius 1 is 1.24 bits per heavy atom. The summed E-state index contributed by atoms with van der Waals surface area (Å²) < 4.78 is 1.00. The van der Waals surface area contributed by atoms with Crippen molar-refractivity contribution in [2.75, 3.05) is 0 Å². The summed E-state index contributed by atoms with van der Waals surface area (Å²) in [5.74, 6) is 0.337. The van der Waals surface area contributed by atoms with E-state index in [0.717, 1.165) is 22.9 Å². The van der Waals surface area contributed by atoms with Crippen molar-refractivity contribution in [3.05, 3.63) is 34.3 Å². The van der Waals surface area contributed by atoms with Crippen LogP contribution in [0.25, 0.3) is 0 Å². The van der Waals surface area contributed by atoms with E-state index in [1.165, 1.54) is 0 Å². The Morgan fingerprint density at radius 3 is 2.43 bits per heavy atom. The fourth-order valence-electron chi connectivity index (χ4n) is 2.99. The molecule has 2 fully saturated rings. The summed E-state index contributed by atoms with van der Waals surface area (Å²) in [6, 6.07) is 7.05. The number of carbonyl (C=O) groups is 2. The van der Waals surface area contributed by atoms with E-state index in [1.807, 2.05) is 31.2 Å². The molecule has 1 heterocycles. The molecule has 2 amide bonds. The van der Waals surface area contributed by atoms with Crippen molar-refractivity contribution in [2.24, 2.45) is 5.92 Å². The molecule has 1 aromatic rings. The van der Waals surface area contributed by atoms with Gasteiger partial charge in [0.15, 0.2) is 0 Å². The molecule has 1 saturated carbocycles. The zero-order valence-electron chi connectivity index (χ0n) is 12.2. The number of halogens is 1. The molecule has 1 aliphatic carbocycles. The first-order chi connectivity index (χ1) is 9.99. The SMILES string of the molecule is CC1C(=O)NC(C2CC2)C(=O)N1C(C)c1ccc(Br)cc1. The fraction of sp³-hybridized carbons (Fsp3) is 0.500. The number of nitrogens with one attached hydrogen (secondary N) is 1. The molecule has 3 rings (SSSR count). The van der Waals surface area contributed by atoms with Gasteiger partial charge in [-0.25, -0.2) is 0 Å². The minimum atomic E-state index is -0.425. The van der Waals surface area contributed by atoms with Gasteiger partial charge in [0.2, 0.25) is 11.8 Å². The van der Waals surface area contributed by atoms with Gasteiger partial charge in [-0.05, 0) is 50.3 Å². The molecule has 5 heteroatoms. The van der Waals surface area contributed by atoms with Gasteiger partial charge in [-0.15, -0.1) is 0 Å². The molecule has 2 aliphatic rings. The van der Waals surface area contributed by atoms with Gasteiger partial charge in [0.25, 0.3) is 0 Å². The third-order valence-electron chi connectivity index (χ3n) is 4.48. The molecule has 112 valence electrons. The Hall–Kier alpha value is -1.36. The molecule has 1 aromatic carbocycles. The van der Waals surface area contributed by atoms with Crippen LogP contribution in [0.5, 0.6) is 0 Å². The van der Waals surface area contributed by atoms with E-state index in [-0.39, 0.29) is 23.9 Å². The van der Waals surface area contributed by atoms with E-state index in [4.69, 9.17) is 0 Å². The predicted molar refractivity (Wildman–Crippen MR) is 83.5 cm³/mol. The van der Waals surface area contributed by atoms with Crippen LogP contribution in [0.15, 0.2) is 28.7 Å². The van der Waals surface area contributed by atoms with Crippen molar-refractivity contribution in [1.29, 1.82) is 0 Å². The molecule has 1 saturated heterocycles. The molecule has 0 bridgehead atoms. The Balaban J connectivity index is 1.87. The Kier molecular flexibility index (Phi) is 3.78. The molecule has 3 atom stereocenters. The molecule has 0 radical (unpaired) electrons. The van der Waals surface area contributed by atoms with Crippen molar-refractivity contribution in [3.63, 3.8) is 0 Å². The number of nitrogens with zero attached hydrogens (tertiary/aromatic N) is 1. The summed E-state index contributed by atoms with van der Waals surface area (Å²) in [6.45, 7) is 3.78. The molecule has 0 spiro atoms. The van der Waals surface area contributed by atoms with Gasteiger partial charge in [0.1, 0.15) is 12.1 Å². The lowest BCUT2D eigenvalue weighted by atomic mass is 9.99. The molecule has 1 aliphatic heterocycles. The van der Waals surface area contributed by atoms with Crippen molar-refractivity contribution in [3.8, 4) is 0 Å². The highest BCUT2D eigenvalue weighted by Gasteiger charge is 2.46. The Labute approximate surface area is 133 Å².